The van der Waals surface area contributed by atoms with Crippen molar-refractivity contribution in [3.63, 3.8) is 0 Å². The van der Waals surface area contributed by atoms with E-state index in [1.54, 1.807) is 0 Å². The van der Waals surface area contributed by atoms with E-state index in [1.807, 2.05) is 0 Å². The van der Waals surface area contributed by atoms with Crippen LogP contribution in [0.15, 0.2) is 16.6 Å². The third kappa shape index (κ3) is 1.67. The third-order valence-electron chi connectivity index (χ3n) is 1.55. The molecule has 0 fully saturated rings. The maximum absolute atomic E-state index is 13.1. The average Bonchev–Trinajstić information content (AvgIpc) is 2.00. The van der Waals surface area contributed by atoms with Crippen LogP contribution in [0.3, 0.4) is 0 Å². The summed E-state index contributed by atoms with van der Waals surface area (Å²) in [5.41, 5.74) is 0.474. The van der Waals surface area contributed by atoms with Crippen LogP contribution in [0.2, 0.25) is 0 Å². The molecule has 0 aliphatic rings. The fourth-order valence-corrected chi connectivity index (χ4v) is 1.50. The van der Waals surface area contributed by atoms with Crippen molar-refractivity contribution in [1.82, 2.24) is 0 Å². The smallest absolute Gasteiger partial charge is 0.252 e. The zero-order valence-electron chi connectivity index (χ0n) is 6.20. The Kier molecular flexibility index (Phi) is 2.85. The minimum absolute atomic E-state index is 0.206. The predicted octanol–water partition coefficient (Wildman–Crippen LogP) is 3.28. The van der Waals surface area contributed by atoms with Crippen molar-refractivity contribution in [3.05, 3.63) is 33.5 Å². The number of rotatable bonds is 1. The standard InChI is InChI=1S/C8H5BrClFO/c1-4-5(8(10)12)2-3-6(9)7(4)11/h2-3H,1H3. The minimum Gasteiger partial charge on any atom is -0.276 e. The first-order chi connectivity index (χ1) is 5.54. The van der Waals surface area contributed by atoms with E-state index < -0.39 is 11.1 Å². The van der Waals surface area contributed by atoms with E-state index in [2.05, 4.69) is 15.9 Å². The zero-order valence-corrected chi connectivity index (χ0v) is 8.54. The highest BCUT2D eigenvalue weighted by Crippen LogP contribution is 2.22. The molecule has 1 aromatic rings. The molecule has 0 spiro atoms. The number of carbonyl (C=O) groups is 1. The van der Waals surface area contributed by atoms with Gasteiger partial charge in [-0.15, -0.1) is 0 Å². The molecule has 12 heavy (non-hydrogen) atoms. The molecule has 0 N–H and O–H groups in total. The van der Waals surface area contributed by atoms with Crippen molar-refractivity contribution < 1.29 is 9.18 Å². The van der Waals surface area contributed by atoms with Gasteiger partial charge in [-0.2, -0.15) is 0 Å². The molecule has 1 rings (SSSR count). The van der Waals surface area contributed by atoms with E-state index >= 15 is 0 Å². The Morgan fingerprint density at radius 3 is 2.67 bits per heavy atom. The van der Waals surface area contributed by atoms with Crippen LogP contribution < -0.4 is 0 Å². The fourth-order valence-electron chi connectivity index (χ4n) is 0.865. The molecule has 0 unspecified atom stereocenters. The van der Waals surface area contributed by atoms with Crippen molar-refractivity contribution in [2.75, 3.05) is 0 Å². The highest BCUT2D eigenvalue weighted by Gasteiger charge is 2.11. The lowest BCUT2D eigenvalue weighted by atomic mass is 10.1. The van der Waals surface area contributed by atoms with Gasteiger partial charge in [-0.1, -0.05) is 0 Å². The molecule has 0 aliphatic carbocycles. The molecule has 1 nitrogen and oxygen atoms in total. The summed E-state index contributed by atoms with van der Waals surface area (Å²) >= 11 is 8.21. The normalized spacial score (nSPS) is 10.0. The summed E-state index contributed by atoms with van der Waals surface area (Å²) in [6.45, 7) is 1.51. The summed E-state index contributed by atoms with van der Waals surface area (Å²) in [7, 11) is 0. The largest absolute Gasteiger partial charge is 0.276 e. The lowest BCUT2D eigenvalue weighted by Crippen LogP contribution is -1.96. The minimum atomic E-state index is -0.640. The molecule has 0 saturated carbocycles. The third-order valence-corrected chi connectivity index (χ3v) is 2.37. The van der Waals surface area contributed by atoms with Crippen LogP contribution in [-0.4, -0.2) is 5.24 Å². The number of hydrogen-bond acceptors (Lipinski definition) is 1. The Hall–Kier alpha value is -0.410. The van der Waals surface area contributed by atoms with Gasteiger partial charge in [0, 0.05) is 5.56 Å². The van der Waals surface area contributed by atoms with Gasteiger partial charge in [0.15, 0.2) is 0 Å². The number of halogens is 3. The molecule has 0 atom stereocenters. The van der Waals surface area contributed by atoms with E-state index in [0.717, 1.165) is 0 Å². The van der Waals surface area contributed by atoms with Crippen LogP contribution in [0, 0.1) is 12.7 Å². The highest BCUT2D eigenvalue weighted by atomic mass is 79.9. The summed E-state index contributed by atoms with van der Waals surface area (Å²) in [5, 5.41) is -0.640. The molecule has 0 radical (unpaired) electrons. The lowest BCUT2D eigenvalue weighted by Gasteiger charge is -2.02. The van der Waals surface area contributed by atoms with Gasteiger partial charge in [-0.3, -0.25) is 4.79 Å². The molecule has 0 aromatic heterocycles. The average molecular weight is 251 g/mol. The maximum atomic E-state index is 13.1. The molecule has 64 valence electrons. The molecule has 0 aliphatic heterocycles. The van der Waals surface area contributed by atoms with Crippen LogP contribution in [0.5, 0.6) is 0 Å². The van der Waals surface area contributed by atoms with E-state index in [4.69, 9.17) is 11.6 Å². The van der Waals surface area contributed by atoms with Crippen LogP contribution >= 0.6 is 27.5 Å². The summed E-state index contributed by atoms with van der Waals surface area (Å²) in [5.74, 6) is -0.443. The topological polar surface area (TPSA) is 17.1 Å². The molecule has 0 heterocycles. The first kappa shape index (κ1) is 9.68. The molecular weight excluding hydrogens is 246 g/mol. The predicted molar refractivity (Wildman–Crippen MR) is 49.0 cm³/mol. The van der Waals surface area contributed by atoms with Gasteiger partial charge in [-0.05, 0) is 52.2 Å². The SMILES string of the molecule is Cc1c(C(=O)Cl)ccc(Br)c1F. The van der Waals surface area contributed by atoms with E-state index in [1.165, 1.54) is 19.1 Å². The van der Waals surface area contributed by atoms with Gasteiger partial charge in [0.1, 0.15) is 5.82 Å². The Morgan fingerprint density at radius 1 is 1.58 bits per heavy atom. The van der Waals surface area contributed by atoms with Gasteiger partial charge < -0.3 is 0 Å². The Morgan fingerprint density at radius 2 is 2.17 bits per heavy atom. The van der Waals surface area contributed by atoms with Crippen LogP contribution in [0.1, 0.15) is 15.9 Å². The number of carbonyl (C=O) groups excluding carboxylic acids is 1. The zero-order chi connectivity index (χ0) is 9.30. The van der Waals surface area contributed by atoms with E-state index in [-0.39, 0.29) is 11.1 Å². The van der Waals surface area contributed by atoms with E-state index in [9.17, 15) is 9.18 Å². The van der Waals surface area contributed by atoms with Crippen molar-refractivity contribution in [2.24, 2.45) is 0 Å². The first-order valence-corrected chi connectivity index (χ1v) is 4.35. The molecule has 4 heteroatoms. The Balaban J connectivity index is 3.36. The molecular formula is C8H5BrClFO. The number of benzene rings is 1. The summed E-state index contributed by atoms with van der Waals surface area (Å²) in [4.78, 5) is 10.7. The van der Waals surface area contributed by atoms with Crippen LogP contribution in [-0.2, 0) is 0 Å². The van der Waals surface area contributed by atoms with Crippen molar-refractivity contribution in [3.8, 4) is 0 Å². The molecule has 1 aromatic carbocycles. The molecule has 0 bridgehead atoms. The Labute approximate surface area is 82.7 Å². The molecule has 0 amide bonds. The first-order valence-electron chi connectivity index (χ1n) is 3.18. The summed E-state index contributed by atoms with van der Waals surface area (Å²) in [6, 6.07) is 2.94. The van der Waals surface area contributed by atoms with Crippen LogP contribution in [0.25, 0.3) is 0 Å². The van der Waals surface area contributed by atoms with Gasteiger partial charge in [-0.25, -0.2) is 4.39 Å². The van der Waals surface area contributed by atoms with Gasteiger partial charge in [0.25, 0.3) is 5.24 Å². The Bertz CT molecular complexity index is 338. The van der Waals surface area contributed by atoms with E-state index in [0.29, 0.717) is 4.47 Å². The van der Waals surface area contributed by atoms with Crippen molar-refractivity contribution >= 4 is 32.8 Å². The summed E-state index contributed by atoms with van der Waals surface area (Å²) < 4.78 is 13.4. The monoisotopic (exact) mass is 250 g/mol. The van der Waals surface area contributed by atoms with Crippen LogP contribution in [0.4, 0.5) is 4.39 Å². The van der Waals surface area contributed by atoms with Gasteiger partial charge in [0.05, 0.1) is 4.47 Å². The number of hydrogen-bond donors (Lipinski definition) is 0. The van der Waals surface area contributed by atoms with Crippen molar-refractivity contribution in [1.29, 1.82) is 0 Å². The second-order valence-corrected chi connectivity index (χ2v) is 3.51. The highest BCUT2D eigenvalue weighted by molar-refractivity contribution is 9.10. The summed E-state index contributed by atoms with van der Waals surface area (Å²) in [6.07, 6.45) is 0. The van der Waals surface area contributed by atoms with Crippen molar-refractivity contribution in [2.45, 2.75) is 6.92 Å². The van der Waals surface area contributed by atoms with Gasteiger partial charge >= 0.3 is 0 Å². The lowest BCUT2D eigenvalue weighted by molar-refractivity contribution is 0.108. The second-order valence-electron chi connectivity index (χ2n) is 2.31. The maximum Gasteiger partial charge on any atom is 0.252 e. The quantitative estimate of drug-likeness (QED) is 0.700. The van der Waals surface area contributed by atoms with Gasteiger partial charge in [0.2, 0.25) is 0 Å². The second kappa shape index (κ2) is 3.54. The molecule has 0 saturated heterocycles. The fraction of sp³-hybridized carbons (Fsp3) is 0.125.